The lowest BCUT2D eigenvalue weighted by molar-refractivity contribution is -0.00966. The zero-order chi connectivity index (χ0) is 11.9. The molecule has 0 spiro atoms. The molecule has 0 aromatic carbocycles. The third kappa shape index (κ3) is 4.81. The number of hydrogen-bond donors (Lipinski definition) is 2. The molecule has 3 heteroatoms. The van der Waals surface area contributed by atoms with Crippen molar-refractivity contribution in [3.8, 4) is 0 Å². The summed E-state index contributed by atoms with van der Waals surface area (Å²) in [4.78, 5) is 0. The minimum atomic E-state index is -0.460. The zero-order valence-electron chi connectivity index (χ0n) is 10.8. The van der Waals surface area contributed by atoms with Crippen LogP contribution >= 0.6 is 0 Å². The largest absolute Gasteiger partial charge is 0.389 e. The molecule has 0 atom stereocenters. The van der Waals surface area contributed by atoms with E-state index in [1.54, 1.807) is 0 Å². The Morgan fingerprint density at radius 1 is 1.31 bits per heavy atom. The zero-order valence-corrected chi connectivity index (χ0v) is 10.8. The van der Waals surface area contributed by atoms with Gasteiger partial charge < -0.3 is 15.2 Å². The van der Waals surface area contributed by atoms with Crippen LogP contribution in [0.15, 0.2) is 0 Å². The van der Waals surface area contributed by atoms with Crippen molar-refractivity contribution in [1.29, 1.82) is 0 Å². The highest BCUT2D eigenvalue weighted by atomic mass is 16.5. The molecule has 1 rings (SSSR count). The van der Waals surface area contributed by atoms with E-state index < -0.39 is 5.60 Å². The molecule has 0 saturated heterocycles. The first-order valence-electron chi connectivity index (χ1n) is 6.71. The third-order valence-corrected chi connectivity index (χ3v) is 3.69. The smallest absolute Gasteiger partial charge is 0.0771 e. The molecule has 0 bridgehead atoms. The predicted molar refractivity (Wildman–Crippen MR) is 66.6 cm³/mol. The molecule has 0 radical (unpaired) electrons. The van der Waals surface area contributed by atoms with E-state index in [1.807, 2.05) is 6.92 Å². The quantitative estimate of drug-likeness (QED) is 0.656. The van der Waals surface area contributed by atoms with E-state index in [0.717, 1.165) is 45.1 Å². The van der Waals surface area contributed by atoms with Crippen molar-refractivity contribution in [2.45, 2.75) is 51.6 Å². The fourth-order valence-corrected chi connectivity index (χ4v) is 2.41. The van der Waals surface area contributed by atoms with Gasteiger partial charge in [0, 0.05) is 19.7 Å². The Morgan fingerprint density at radius 3 is 2.56 bits per heavy atom. The second-order valence-corrected chi connectivity index (χ2v) is 4.95. The molecule has 0 amide bonds. The van der Waals surface area contributed by atoms with Crippen LogP contribution in [-0.2, 0) is 4.74 Å². The molecule has 2 N–H and O–H groups in total. The number of ether oxygens (including phenoxy) is 1. The summed E-state index contributed by atoms with van der Waals surface area (Å²) in [5.74, 6) is 0.837. The first-order valence-corrected chi connectivity index (χ1v) is 6.71. The van der Waals surface area contributed by atoms with Gasteiger partial charge in [-0.25, -0.2) is 0 Å². The van der Waals surface area contributed by atoms with Crippen LogP contribution in [0.25, 0.3) is 0 Å². The maximum Gasteiger partial charge on any atom is 0.0771 e. The highest BCUT2D eigenvalue weighted by Gasteiger charge is 2.31. The van der Waals surface area contributed by atoms with Gasteiger partial charge >= 0.3 is 0 Å². The second-order valence-electron chi connectivity index (χ2n) is 4.95. The van der Waals surface area contributed by atoms with Crippen LogP contribution in [0.1, 0.15) is 46.0 Å². The average Bonchev–Trinajstić information content (AvgIpc) is 2.30. The molecule has 0 aromatic heterocycles. The van der Waals surface area contributed by atoms with Gasteiger partial charge in [0.15, 0.2) is 0 Å². The molecule has 16 heavy (non-hydrogen) atoms. The average molecular weight is 229 g/mol. The minimum Gasteiger partial charge on any atom is -0.389 e. The molecule has 1 aliphatic rings. The van der Waals surface area contributed by atoms with Crippen molar-refractivity contribution < 1.29 is 9.84 Å². The van der Waals surface area contributed by atoms with Gasteiger partial charge in [-0.2, -0.15) is 0 Å². The lowest BCUT2D eigenvalue weighted by atomic mass is 9.78. The SMILES string of the molecule is CCOCCNCC1(O)CCC(CC)CC1. The summed E-state index contributed by atoms with van der Waals surface area (Å²) in [6, 6.07) is 0. The van der Waals surface area contributed by atoms with Crippen molar-refractivity contribution in [3.05, 3.63) is 0 Å². The van der Waals surface area contributed by atoms with E-state index in [1.165, 1.54) is 19.3 Å². The number of nitrogens with one attached hydrogen (secondary N) is 1. The lowest BCUT2D eigenvalue weighted by Gasteiger charge is -2.36. The van der Waals surface area contributed by atoms with Crippen molar-refractivity contribution in [2.75, 3.05) is 26.3 Å². The van der Waals surface area contributed by atoms with Crippen LogP contribution in [0.4, 0.5) is 0 Å². The van der Waals surface area contributed by atoms with Crippen LogP contribution < -0.4 is 5.32 Å². The predicted octanol–water partition coefficient (Wildman–Crippen LogP) is 1.94. The van der Waals surface area contributed by atoms with Crippen molar-refractivity contribution >= 4 is 0 Å². The summed E-state index contributed by atoms with van der Waals surface area (Å²) in [5.41, 5.74) is -0.460. The van der Waals surface area contributed by atoms with Gasteiger partial charge in [-0.15, -0.1) is 0 Å². The molecule has 1 fully saturated rings. The molecule has 0 heterocycles. The summed E-state index contributed by atoms with van der Waals surface area (Å²) >= 11 is 0. The second kappa shape index (κ2) is 7.25. The Hall–Kier alpha value is -0.120. The first kappa shape index (κ1) is 13.9. The van der Waals surface area contributed by atoms with E-state index in [-0.39, 0.29) is 0 Å². The maximum absolute atomic E-state index is 10.3. The molecule has 3 nitrogen and oxygen atoms in total. The summed E-state index contributed by atoms with van der Waals surface area (Å²) in [6.07, 6.45) is 5.52. The highest BCUT2D eigenvalue weighted by molar-refractivity contribution is 4.86. The Bertz CT molecular complexity index is 177. The first-order chi connectivity index (χ1) is 7.70. The van der Waals surface area contributed by atoms with Crippen LogP contribution in [0.5, 0.6) is 0 Å². The number of hydrogen-bond acceptors (Lipinski definition) is 3. The van der Waals surface area contributed by atoms with Crippen LogP contribution in [-0.4, -0.2) is 37.0 Å². The summed E-state index contributed by atoms with van der Waals surface area (Å²) in [6.45, 7) is 7.31. The normalized spacial score (nSPS) is 30.6. The van der Waals surface area contributed by atoms with Crippen LogP contribution in [0.2, 0.25) is 0 Å². The highest BCUT2D eigenvalue weighted by Crippen LogP contribution is 2.33. The van der Waals surface area contributed by atoms with E-state index >= 15 is 0 Å². The van der Waals surface area contributed by atoms with E-state index in [9.17, 15) is 5.11 Å². The van der Waals surface area contributed by atoms with Crippen LogP contribution in [0.3, 0.4) is 0 Å². The van der Waals surface area contributed by atoms with Gasteiger partial charge in [-0.05, 0) is 38.5 Å². The topological polar surface area (TPSA) is 41.5 Å². The van der Waals surface area contributed by atoms with Gasteiger partial charge in [0.05, 0.1) is 12.2 Å². The van der Waals surface area contributed by atoms with Gasteiger partial charge in [0.1, 0.15) is 0 Å². The molecule has 1 saturated carbocycles. The fourth-order valence-electron chi connectivity index (χ4n) is 2.41. The Kier molecular flexibility index (Phi) is 6.32. The van der Waals surface area contributed by atoms with Gasteiger partial charge in [0.2, 0.25) is 0 Å². The third-order valence-electron chi connectivity index (χ3n) is 3.69. The van der Waals surface area contributed by atoms with Crippen molar-refractivity contribution in [3.63, 3.8) is 0 Å². The summed E-state index contributed by atoms with van der Waals surface area (Å²) < 4.78 is 5.25. The number of aliphatic hydroxyl groups is 1. The van der Waals surface area contributed by atoms with Crippen molar-refractivity contribution in [2.24, 2.45) is 5.92 Å². The maximum atomic E-state index is 10.3. The van der Waals surface area contributed by atoms with Gasteiger partial charge in [-0.1, -0.05) is 13.3 Å². The molecular weight excluding hydrogens is 202 g/mol. The molecule has 96 valence electrons. The molecule has 0 unspecified atom stereocenters. The van der Waals surface area contributed by atoms with E-state index in [4.69, 9.17) is 4.74 Å². The van der Waals surface area contributed by atoms with Crippen molar-refractivity contribution in [1.82, 2.24) is 5.32 Å². The monoisotopic (exact) mass is 229 g/mol. The van der Waals surface area contributed by atoms with E-state index in [2.05, 4.69) is 12.2 Å². The minimum absolute atomic E-state index is 0.460. The molecule has 1 aliphatic carbocycles. The molecule has 0 aliphatic heterocycles. The number of rotatable bonds is 7. The summed E-state index contributed by atoms with van der Waals surface area (Å²) in [5, 5.41) is 13.6. The molecular formula is C13H27NO2. The lowest BCUT2D eigenvalue weighted by Crippen LogP contribution is -2.44. The standard InChI is InChI=1S/C13H27NO2/c1-3-12-5-7-13(15,8-6-12)11-14-9-10-16-4-2/h12,14-15H,3-11H2,1-2H3. The van der Waals surface area contributed by atoms with E-state index in [0.29, 0.717) is 0 Å². The Morgan fingerprint density at radius 2 is 2.00 bits per heavy atom. The Balaban J connectivity index is 2.11. The fraction of sp³-hybridized carbons (Fsp3) is 1.00. The molecule has 0 aromatic rings. The van der Waals surface area contributed by atoms with Crippen LogP contribution in [0, 0.1) is 5.92 Å². The Labute approximate surface area is 99.6 Å². The summed E-state index contributed by atoms with van der Waals surface area (Å²) in [7, 11) is 0. The van der Waals surface area contributed by atoms with Gasteiger partial charge in [0.25, 0.3) is 0 Å². The van der Waals surface area contributed by atoms with Gasteiger partial charge in [-0.3, -0.25) is 0 Å².